The van der Waals surface area contributed by atoms with Gasteiger partial charge in [-0.1, -0.05) is 11.6 Å². The molecule has 2 amide bonds. The van der Waals surface area contributed by atoms with E-state index in [1.807, 2.05) is 0 Å². The summed E-state index contributed by atoms with van der Waals surface area (Å²) in [6.45, 7) is 0.902. The first-order valence-corrected chi connectivity index (χ1v) is 9.96. The molecule has 9 nitrogen and oxygen atoms in total. The Kier molecular flexibility index (Phi) is 6.54. The quantitative estimate of drug-likeness (QED) is 0.623. The van der Waals surface area contributed by atoms with Crippen molar-refractivity contribution in [2.45, 2.75) is 25.5 Å². The van der Waals surface area contributed by atoms with E-state index in [-0.39, 0.29) is 17.2 Å². The maximum atomic E-state index is 11.9. The monoisotopic (exact) mass is 403 g/mol. The summed E-state index contributed by atoms with van der Waals surface area (Å²) in [6.07, 6.45) is 0.565. The normalized spacial score (nSPS) is 19.4. The van der Waals surface area contributed by atoms with E-state index in [4.69, 9.17) is 16.3 Å². The molecule has 0 unspecified atom stereocenters. The molecule has 0 saturated carbocycles. The van der Waals surface area contributed by atoms with Gasteiger partial charge in [-0.2, -0.15) is 0 Å². The summed E-state index contributed by atoms with van der Waals surface area (Å²) in [4.78, 5) is 39.3. The molecular weight excluding hydrogens is 386 g/mol. The zero-order valence-corrected chi connectivity index (χ0v) is 15.5. The number of carbonyl (C=O) groups excluding carboxylic acids is 3. The maximum absolute atomic E-state index is 11.9. The number of halogens is 1. The molecule has 2 atom stereocenters. The molecule has 1 fully saturated rings. The Balaban J connectivity index is 1.76. The minimum Gasteiger partial charge on any atom is -0.451 e. The third-order valence-corrected chi connectivity index (χ3v) is 5.61. The van der Waals surface area contributed by atoms with E-state index >= 15 is 0 Å². The van der Waals surface area contributed by atoms with Crippen molar-refractivity contribution in [1.82, 2.24) is 15.6 Å². The number of nitrogens with zero attached hydrogens (tertiary/aromatic N) is 1. The van der Waals surface area contributed by atoms with Gasteiger partial charge in [-0.05, 0) is 25.5 Å². The van der Waals surface area contributed by atoms with Gasteiger partial charge in [0, 0.05) is 17.3 Å². The molecule has 1 aromatic heterocycles. The van der Waals surface area contributed by atoms with Gasteiger partial charge in [-0.25, -0.2) is 8.42 Å². The zero-order chi connectivity index (χ0) is 19.3. The molecule has 2 heterocycles. The Morgan fingerprint density at radius 3 is 2.77 bits per heavy atom. The standard InChI is InChI=1S/C15H18ClN3O6S/c1-9(14(21)19-11-3-5-26(23,24)8-11)25-13(20)7-18-15(22)12-6-10(16)2-4-17-12/h2,4,6,9,11H,3,5,7-8H2,1H3,(H,18,22)(H,19,21)/t9-,11-/m0/s1. The first-order valence-electron chi connectivity index (χ1n) is 7.76. The summed E-state index contributed by atoms with van der Waals surface area (Å²) in [7, 11) is -3.12. The Morgan fingerprint density at radius 1 is 1.42 bits per heavy atom. The van der Waals surface area contributed by atoms with Crippen molar-refractivity contribution in [2.24, 2.45) is 0 Å². The van der Waals surface area contributed by atoms with Crippen molar-refractivity contribution in [3.63, 3.8) is 0 Å². The fraction of sp³-hybridized carbons (Fsp3) is 0.467. The van der Waals surface area contributed by atoms with Crippen LogP contribution in [0.4, 0.5) is 0 Å². The Hall–Kier alpha value is -2.20. The smallest absolute Gasteiger partial charge is 0.326 e. The highest BCUT2D eigenvalue weighted by atomic mass is 35.5. The second-order valence-corrected chi connectivity index (χ2v) is 8.45. The highest BCUT2D eigenvalue weighted by Crippen LogP contribution is 2.11. The minimum absolute atomic E-state index is 0.0235. The zero-order valence-electron chi connectivity index (χ0n) is 13.9. The number of nitrogens with one attached hydrogen (secondary N) is 2. The summed E-state index contributed by atoms with van der Waals surface area (Å²) in [5, 5.41) is 5.16. The van der Waals surface area contributed by atoms with Gasteiger partial charge in [-0.3, -0.25) is 19.4 Å². The summed E-state index contributed by atoms with van der Waals surface area (Å²) < 4.78 is 27.7. The first-order chi connectivity index (χ1) is 12.2. The van der Waals surface area contributed by atoms with E-state index in [2.05, 4.69) is 15.6 Å². The average molecular weight is 404 g/mol. The molecule has 2 N–H and O–H groups in total. The number of pyridine rings is 1. The average Bonchev–Trinajstić information content (AvgIpc) is 2.91. The van der Waals surface area contributed by atoms with Crippen LogP contribution in [0.15, 0.2) is 18.3 Å². The van der Waals surface area contributed by atoms with Gasteiger partial charge in [0.2, 0.25) is 0 Å². The van der Waals surface area contributed by atoms with Crippen LogP contribution in [0.1, 0.15) is 23.8 Å². The van der Waals surface area contributed by atoms with Crippen molar-refractivity contribution in [3.05, 3.63) is 29.0 Å². The molecular formula is C15H18ClN3O6S. The Labute approximate surface area is 155 Å². The number of hydrogen-bond acceptors (Lipinski definition) is 7. The van der Waals surface area contributed by atoms with Crippen LogP contribution in [0.25, 0.3) is 0 Å². The lowest BCUT2D eigenvalue weighted by atomic mass is 10.2. The van der Waals surface area contributed by atoms with Gasteiger partial charge in [-0.15, -0.1) is 0 Å². The van der Waals surface area contributed by atoms with Crippen LogP contribution in [-0.4, -0.2) is 61.4 Å². The second kappa shape index (κ2) is 8.45. The van der Waals surface area contributed by atoms with Gasteiger partial charge in [0.1, 0.15) is 12.2 Å². The van der Waals surface area contributed by atoms with Gasteiger partial charge < -0.3 is 15.4 Å². The van der Waals surface area contributed by atoms with Gasteiger partial charge >= 0.3 is 5.97 Å². The van der Waals surface area contributed by atoms with Crippen LogP contribution < -0.4 is 10.6 Å². The largest absolute Gasteiger partial charge is 0.451 e. The van der Waals surface area contributed by atoms with E-state index in [9.17, 15) is 22.8 Å². The predicted molar refractivity (Wildman–Crippen MR) is 92.3 cm³/mol. The van der Waals surface area contributed by atoms with Gasteiger partial charge in [0.05, 0.1) is 11.5 Å². The lowest BCUT2D eigenvalue weighted by molar-refractivity contribution is -0.154. The predicted octanol–water partition coefficient (Wildman–Crippen LogP) is -0.300. The molecule has 0 aromatic carbocycles. The molecule has 0 aliphatic carbocycles. The molecule has 0 spiro atoms. The van der Waals surface area contributed by atoms with Crippen LogP contribution >= 0.6 is 11.6 Å². The molecule has 2 rings (SSSR count). The van der Waals surface area contributed by atoms with E-state index < -0.39 is 46.3 Å². The minimum atomic E-state index is -3.12. The topological polar surface area (TPSA) is 132 Å². The summed E-state index contributed by atoms with van der Waals surface area (Å²) >= 11 is 5.75. The molecule has 26 heavy (non-hydrogen) atoms. The number of sulfone groups is 1. The number of aromatic nitrogens is 1. The summed E-state index contributed by atoms with van der Waals surface area (Å²) in [5.41, 5.74) is 0.0403. The van der Waals surface area contributed by atoms with Gasteiger partial charge in [0.15, 0.2) is 15.9 Å². The van der Waals surface area contributed by atoms with E-state index in [1.165, 1.54) is 25.3 Å². The fourth-order valence-corrected chi connectivity index (χ4v) is 4.12. The van der Waals surface area contributed by atoms with Crippen molar-refractivity contribution < 1.29 is 27.5 Å². The molecule has 1 aliphatic rings. The van der Waals surface area contributed by atoms with Crippen molar-refractivity contribution in [3.8, 4) is 0 Å². The van der Waals surface area contributed by atoms with Crippen LogP contribution in [0.3, 0.4) is 0 Å². The highest BCUT2D eigenvalue weighted by molar-refractivity contribution is 7.91. The molecule has 142 valence electrons. The number of hydrogen-bond donors (Lipinski definition) is 2. The Morgan fingerprint density at radius 2 is 2.15 bits per heavy atom. The van der Waals surface area contributed by atoms with E-state index in [0.717, 1.165) is 0 Å². The first kappa shape index (κ1) is 20.1. The third-order valence-electron chi connectivity index (χ3n) is 3.60. The number of ether oxygens (including phenoxy) is 1. The Bertz CT molecular complexity index is 813. The van der Waals surface area contributed by atoms with E-state index in [0.29, 0.717) is 11.4 Å². The number of amides is 2. The van der Waals surface area contributed by atoms with Crippen LogP contribution in [0.5, 0.6) is 0 Å². The fourth-order valence-electron chi connectivity index (χ4n) is 2.29. The van der Waals surface area contributed by atoms with Crippen molar-refractivity contribution in [1.29, 1.82) is 0 Å². The molecule has 0 radical (unpaired) electrons. The number of esters is 1. The van der Waals surface area contributed by atoms with E-state index in [1.54, 1.807) is 0 Å². The number of carbonyl (C=O) groups is 3. The SMILES string of the molecule is C[C@H](OC(=O)CNC(=O)c1cc(Cl)ccn1)C(=O)N[C@H]1CCS(=O)(=O)C1. The lowest BCUT2D eigenvalue weighted by Crippen LogP contribution is -2.43. The molecule has 1 aliphatic heterocycles. The van der Waals surface area contributed by atoms with Crippen LogP contribution in [-0.2, 0) is 24.2 Å². The maximum Gasteiger partial charge on any atom is 0.326 e. The molecule has 0 bridgehead atoms. The highest BCUT2D eigenvalue weighted by Gasteiger charge is 2.30. The lowest BCUT2D eigenvalue weighted by Gasteiger charge is -2.16. The summed E-state index contributed by atoms with van der Waals surface area (Å²) in [6, 6.07) is 2.36. The second-order valence-electron chi connectivity index (χ2n) is 5.78. The molecule has 1 saturated heterocycles. The third kappa shape index (κ3) is 5.95. The van der Waals surface area contributed by atoms with Crippen LogP contribution in [0, 0.1) is 0 Å². The van der Waals surface area contributed by atoms with Crippen LogP contribution in [0.2, 0.25) is 5.02 Å². The molecule has 11 heteroatoms. The summed E-state index contributed by atoms with van der Waals surface area (Å²) in [5.74, 6) is -2.12. The molecule has 1 aromatic rings. The van der Waals surface area contributed by atoms with Crippen molar-refractivity contribution in [2.75, 3.05) is 18.1 Å². The number of rotatable bonds is 6. The van der Waals surface area contributed by atoms with Crippen molar-refractivity contribution >= 4 is 39.2 Å². The van der Waals surface area contributed by atoms with Gasteiger partial charge in [0.25, 0.3) is 11.8 Å².